The van der Waals surface area contributed by atoms with Crippen molar-refractivity contribution in [2.75, 3.05) is 19.6 Å². The lowest BCUT2D eigenvalue weighted by atomic mass is 9.53. The van der Waals surface area contributed by atoms with E-state index in [0.29, 0.717) is 6.54 Å². The van der Waals surface area contributed by atoms with E-state index in [1.165, 1.54) is 38.5 Å². The molecule has 4 unspecified atom stereocenters. The van der Waals surface area contributed by atoms with Crippen LogP contribution in [-0.2, 0) is 22.6 Å². The number of carbonyl (C=O) groups is 1. The fourth-order valence-electron chi connectivity index (χ4n) is 9.25. The molecule has 3 N–H and O–H groups in total. The fraction of sp³-hybridized carbons (Fsp3) is 0.639. The number of ether oxygens (including phenoxy) is 2. The predicted octanol–water partition coefficient (Wildman–Crippen LogP) is 6.22. The minimum absolute atomic E-state index is 0.0230. The zero-order chi connectivity index (χ0) is 29.4. The second-order valence-corrected chi connectivity index (χ2v) is 14.4. The third-order valence-electron chi connectivity index (χ3n) is 11.1. The quantitative estimate of drug-likeness (QED) is 0.341. The first-order valence-electron chi connectivity index (χ1n) is 16.8. The van der Waals surface area contributed by atoms with Gasteiger partial charge in [-0.15, -0.1) is 0 Å². The van der Waals surface area contributed by atoms with Crippen LogP contribution in [0.4, 0.5) is 4.79 Å². The van der Waals surface area contributed by atoms with Crippen molar-refractivity contribution in [3.63, 3.8) is 0 Å². The lowest BCUT2D eigenvalue weighted by Gasteiger charge is -2.56. The highest BCUT2D eigenvalue weighted by Crippen LogP contribution is 2.55. The molecule has 2 aromatic carbocycles. The summed E-state index contributed by atoms with van der Waals surface area (Å²) in [5, 5.41) is 16.1. The number of urea groups is 1. The van der Waals surface area contributed by atoms with Crippen molar-refractivity contribution in [1.82, 2.24) is 15.5 Å². The molecule has 7 nitrogen and oxygen atoms in total. The number of aliphatic hydroxyl groups excluding tert-OH is 1. The number of hydrogen-bond donors (Lipinski definition) is 3. The Morgan fingerprint density at radius 2 is 1.47 bits per heavy atom. The smallest absolute Gasteiger partial charge is 0.315 e. The zero-order valence-electron chi connectivity index (χ0n) is 25.7. The number of amides is 2. The van der Waals surface area contributed by atoms with Crippen LogP contribution in [-0.4, -0.2) is 47.3 Å². The van der Waals surface area contributed by atoms with Crippen LogP contribution in [0.5, 0.6) is 0 Å². The Morgan fingerprint density at radius 1 is 0.860 bits per heavy atom. The number of likely N-dealkylation sites (tertiary alicyclic amines) is 1. The molecule has 232 valence electrons. The maximum absolute atomic E-state index is 13.0. The topological polar surface area (TPSA) is 83.1 Å². The number of carbonyl (C=O) groups excluding carboxylic acids is 1. The lowest BCUT2D eigenvalue weighted by molar-refractivity contribution is -0.276. The first-order chi connectivity index (χ1) is 20.9. The minimum atomic E-state index is -0.463. The summed E-state index contributed by atoms with van der Waals surface area (Å²) in [5.74, 6) is 2.62. The van der Waals surface area contributed by atoms with Gasteiger partial charge < -0.3 is 30.1 Å². The van der Waals surface area contributed by atoms with Gasteiger partial charge in [0.25, 0.3) is 0 Å². The van der Waals surface area contributed by atoms with Crippen LogP contribution in [0, 0.1) is 23.7 Å². The van der Waals surface area contributed by atoms with Gasteiger partial charge in [0, 0.05) is 30.1 Å². The Hall–Kier alpha value is -2.45. The number of nitrogens with one attached hydrogen (secondary N) is 2. The van der Waals surface area contributed by atoms with Gasteiger partial charge in [0.1, 0.15) is 0 Å². The van der Waals surface area contributed by atoms with Gasteiger partial charge in [0.05, 0.1) is 18.8 Å². The number of hydrogen-bond acceptors (Lipinski definition) is 5. The SMILES string of the molecule is CC1C(CN2CCCCC2)OC(c2ccc(CNC(=O)NC34CC5CC(CC(C5)C3)C4)cc2)OC1c1ccc(CO)cc1. The first-order valence-corrected chi connectivity index (χ1v) is 16.8. The molecular weight excluding hydrogens is 538 g/mol. The van der Waals surface area contributed by atoms with Gasteiger partial charge >= 0.3 is 6.03 Å². The summed E-state index contributed by atoms with van der Waals surface area (Å²) >= 11 is 0. The first kappa shape index (κ1) is 29.3. The van der Waals surface area contributed by atoms with E-state index in [-0.39, 0.29) is 36.3 Å². The molecule has 7 heteroatoms. The number of nitrogens with zero attached hydrogens (tertiary/aromatic N) is 1. The van der Waals surface area contributed by atoms with Gasteiger partial charge in [-0.2, -0.15) is 0 Å². The Bertz CT molecular complexity index is 1210. The minimum Gasteiger partial charge on any atom is -0.392 e. The summed E-state index contributed by atoms with van der Waals surface area (Å²) in [5.41, 5.74) is 4.10. The van der Waals surface area contributed by atoms with Crippen LogP contribution < -0.4 is 10.6 Å². The lowest BCUT2D eigenvalue weighted by Crippen LogP contribution is -2.61. The van der Waals surface area contributed by atoms with E-state index in [1.807, 2.05) is 12.1 Å². The number of rotatable bonds is 8. The van der Waals surface area contributed by atoms with Crippen LogP contribution in [0.2, 0.25) is 0 Å². The van der Waals surface area contributed by atoms with E-state index in [4.69, 9.17) is 9.47 Å². The summed E-state index contributed by atoms with van der Waals surface area (Å²) in [6.45, 7) is 5.94. The van der Waals surface area contributed by atoms with Crippen molar-refractivity contribution in [3.8, 4) is 0 Å². The molecular formula is C36H49N3O4. The molecule has 4 bridgehead atoms. The predicted molar refractivity (Wildman–Crippen MR) is 166 cm³/mol. The van der Waals surface area contributed by atoms with Crippen LogP contribution in [0.1, 0.15) is 99.4 Å². The van der Waals surface area contributed by atoms with E-state index in [1.54, 1.807) is 0 Å². The summed E-state index contributed by atoms with van der Waals surface area (Å²) in [7, 11) is 0. The van der Waals surface area contributed by atoms with Crippen molar-refractivity contribution in [2.45, 2.75) is 102 Å². The molecule has 4 aliphatic carbocycles. The highest BCUT2D eigenvalue weighted by molar-refractivity contribution is 5.75. The Labute approximate surface area is 256 Å². The number of piperidine rings is 1. The Morgan fingerprint density at radius 3 is 2.09 bits per heavy atom. The van der Waals surface area contributed by atoms with Crippen molar-refractivity contribution >= 4 is 6.03 Å². The van der Waals surface area contributed by atoms with Gasteiger partial charge in [-0.1, -0.05) is 61.9 Å². The van der Waals surface area contributed by atoms with Crippen molar-refractivity contribution in [3.05, 3.63) is 70.8 Å². The van der Waals surface area contributed by atoms with E-state index in [2.05, 4.69) is 58.9 Å². The molecule has 2 aliphatic heterocycles. The number of aliphatic hydroxyl groups is 1. The normalized spacial score (nSPS) is 35.5. The summed E-state index contributed by atoms with van der Waals surface area (Å²) in [4.78, 5) is 15.5. The average Bonchev–Trinajstić information content (AvgIpc) is 3.01. The maximum Gasteiger partial charge on any atom is 0.315 e. The van der Waals surface area contributed by atoms with E-state index in [9.17, 15) is 9.90 Å². The molecule has 0 aromatic heterocycles. The van der Waals surface area contributed by atoms with Gasteiger partial charge in [-0.3, -0.25) is 0 Å². The fourth-order valence-corrected chi connectivity index (χ4v) is 9.25. The van der Waals surface area contributed by atoms with Gasteiger partial charge in [-0.25, -0.2) is 4.79 Å². The molecule has 4 atom stereocenters. The Kier molecular flexibility index (Phi) is 8.51. The second-order valence-electron chi connectivity index (χ2n) is 14.4. The molecule has 2 saturated heterocycles. The Balaban J connectivity index is 0.999. The van der Waals surface area contributed by atoms with Crippen LogP contribution in [0.15, 0.2) is 48.5 Å². The summed E-state index contributed by atoms with van der Waals surface area (Å²) < 4.78 is 13.3. The maximum atomic E-state index is 13.0. The molecule has 0 radical (unpaired) electrons. The van der Waals surface area contributed by atoms with Crippen molar-refractivity contribution in [2.24, 2.45) is 23.7 Å². The van der Waals surface area contributed by atoms with Gasteiger partial charge in [0.15, 0.2) is 6.29 Å². The van der Waals surface area contributed by atoms with E-state index in [0.717, 1.165) is 78.9 Å². The standard InChI is InChI=1S/C36H49N3O4/c1-24-32(22-39-13-3-2-4-14-39)42-34(43-33(24)30-9-7-26(23-40)8-10-30)31-11-5-25(6-12-31)21-37-35(41)38-36-18-27-15-28(19-36)17-29(16-27)20-36/h5-12,24,27-29,32-34,40H,2-4,13-23H2,1H3,(H2,37,38,41). The highest BCUT2D eigenvalue weighted by atomic mass is 16.7. The highest BCUT2D eigenvalue weighted by Gasteiger charge is 2.51. The molecule has 6 aliphatic rings. The third kappa shape index (κ3) is 6.51. The molecule has 4 saturated carbocycles. The van der Waals surface area contributed by atoms with Crippen LogP contribution in [0.25, 0.3) is 0 Å². The van der Waals surface area contributed by atoms with Gasteiger partial charge in [-0.05, 0) is 98.9 Å². The second kappa shape index (κ2) is 12.5. The zero-order valence-corrected chi connectivity index (χ0v) is 25.7. The van der Waals surface area contributed by atoms with Crippen LogP contribution >= 0.6 is 0 Å². The molecule has 43 heavy (non-hydrogen) atoms. The van der Waals surface area contributed by atoms with E-state index < -0.39 is 6.29 Å². The molecule has 2 heterocycles. The average molecular weight is 588 g/mol. The summed E-state index contributed by atoms with van der Waals surface area (Å²) in [6.07, 6.45) is 10.9. The molecule has 2 aromatic rings. The van der Waals surface area contributed by atoms with Crippen molar-refractivity contribution < 1.29 is 19.4 Å². The molecule has 2 amide bonds. The number of benzene rings is 2. The third-order valence-corrected chi connectivity index (χ3v) is 11.1. The summed E-state index contributed by atoms with van der Waals surface area (Å²) in [6, 6.07) is 16.4. The largest absolute Gasteiger partial charge is 0.392 e. The van der Waals surface area contributed by atoms with Gasteiger partial charge in [0.2, 0.25) is 0 Å². The molecule has 8 rings (SSSR count). The van der Waals surface area contributed by atoms with E-state index >= 15 is 0 Å². The molecule has 6 fully saturated rings. The molecule has 0 spiro atoms. The monoisotopic (exact) mass is 587 g/mol. The van der Waals surface area contributed by atoms with Crippen molar-refractivity contribution in [1.29, 1.82) is 0 Å². The van der Waals surface area contributed by atoms with Crippen LogP contribution in [0.3, 0.4) is 0 Å².